The fraction of sp³-hybridized carbons (Fsp3) is 0.0556. The fourth-order valence-electron chi connectivity index (χ4n) is 4.76. The van der Waals surface area contributed by atoms with Gasteiger partial charge in [-0.25, -0.2) is 0 Å². The van der Waals surface area contributed by atoms with Crippen LogP contribution in [0.5, 0.6) is 11.5 Å². The molecule has 1 aliphatic rings. The van der Waals surface area contributed by atoms with E-state index >= 15 is 0 Å². The SMILES string of the molecule is O=C1C(Oc2ccc(Cc3ccccc3)cc2)=C(Oc2ccc(Cc3ccccc3)cc2)C(=O)c2ccccc21. The van der Waals surface area contributed by atoms with Gasteiger partial charge in [-0.2, -0.15) is 0 Å². The number of fused-ring (bicyclic) bond motifs is 1. The molecule has 0 N–H and O–H groups in total. The minimum atomic E-state index is -0.390. The van der Waals surface area contributed by atoms with E-state index in [0.29, 0.717) is 22.6 Å². The number of Topliss-reactive ketones (excluding diaryl/α,β-unsaturated/α-hetero) is 2. The number of ketones is 2. The summed E-state index contributed by atoms with van der Waals surface area (Å²) in [4.78, 5) is 27.0. The Labute approximate surface area is 233 Å². The number of carbonyl (C=O) groups is 2. The van der Waals surface area contributed by atoms with E-state index in [4.69, 9.17) is 9.47 Å². The molecule has 0 spiro atoms. The van der Waals surface area contributed by atoms with Gasteiger partial charge in [0.25, 0.3) is 0 Å². The zero-order chi connectivity index (χ0) is 27.3. The van der Waals surface area contributed by atoms with Gasteiger partial charge < -0.3 is 9.47 Å². The molecule has 40 heavy (non-hydrogen) atoms. The molecule has 0 saturated carbocycles. The van der Waals surface area contributed by atoms with Gasteiger partial charge in [0.2, 0.25) is 23.1 Å². The van der Waals surface area contributed by atoms with Gasteiger partial charge >= 0.3 is 0 Å². The highest BCUT2D eigenvalue weighted by molar-refractivity contribution is 6.25. The maximum absolute atomic E-state index is 13.5. The topological polar surface area (TPSA) is 52.6 Å². The van der Waals surface area contributed by atoms with Crippen molar-refractivity contribution in [3.05, 3.63) is 178 Å². The predicted molar refractivity (Wildman–Crippen MR) is 155 cm³/mol. The van der Waals surface area contributed by atoms with Crippen LogP contribution in [0.3, 0.4) is 0 Å². The Morgan fingerprint density at radius 3 is 1.07 bits per heavy atom. The molecule has 0 unspecified atom stereocenters. The Balaban J connectivity index is 1.27. The van der Waals surface area contributed by atoms with E-state index < -0.39 is 0 Å². The summed E-state index contributed by atoms with van der Waals surface area (Å²) >= 11 is 0. The first-order valence-corrected chi connectivity index (χ1v) is 13.2. The van der Waals surface area contributed by atoms with E-state index in [-0.39, 0.29) is 23.1 Å². The highest BCUT2D eigenvalue weighted by Crippen LogP contribution is 2.31. The normalized spacial score (nSPS) is 12.7. The molecule has 194 valence electrons. The number of allylic oxidation sites excluding steroid dienone is 2. The molecule has 6 rings (SSSR count). The summed E-state index contributed by atoms with van der Waals surface area (Å²) in [6.07, 6.45) is 1.56. The van der Waals surface area contributed by atoms with Crippen LogP contribution in [0.2, 0.25) is 0 Å². The smallest absolute Gasteiger partial charge is 0.233 e. The molecule has 0 atom stereocenters. The van der Waals surface area contributed by atoms with E-state index in [1.165, 1.54) is 11.1 Å². The van der Waals surface area contributed by atoms with E-state index in [9.17, 15) is 9.59 Å². The molecule has 4 nitrogen and oxygen atoms in total. The predicted octanol–water partition coefficient (Wildman–Crippen LogP) is 7.62. The lowest BCUT2D eigenvalue weighted by Gasteiger charge is -2.21. The Morgan fingerprint density at radius 2 is 0.700 bits per heavy atom. The molecule has 0 bridgehead atoms. The summed E-state index contributed by atoms with van der Waals surface area (Å²) in [7, 11) is 0. The number of rotatable bonds is 8. The number of ether oxygens (including phenoxy) is 2. The van der Waals surface area contributed by atoms with Crippen LogP contribution in [0.15, 0.2) is 145 Å². The maximum atomic E-state index is 13.5. The molecule has 0 fully saturated rings. The Morgan fingerprint density at radius 1 is 0.375 bits per heavy atom. The third-order valence-electron chi connectivity index (χ3n) is 6.82. The standard InChI is InChI=1S/C36H26O4/c37-33-31-13-7-8-14-32(31)34(38)36(40-30-21-17-28(18-22-30)24-26-11-5-2-6-12-26)35(33)39-29-19-15-27(16-20-29)23-25-9-3-1-4-10-25/h1-22H,23-24H2. The average molecular weight is 523 g/mol. The Kier molecular flexibility index (Phi) is 7.06. The van der Waals surface area contributed by atoms with Crippen LogP contribution >= 0.6 is 0 Å². The van der Waals surface area contributed by atoms with Gasteiger partial charge in [-0.1, -0.05) is 109 Å². The van der Waals surface area contributed by atoms with Crippen molar-refractivity contribution in [1.29, 1.82) is 0 Å². The third kappa shape index (κ3) is 5.47. The van der Waals surface area contributed by atoms with Crippen LogP contribution in [-0.4, -0.2) is 11.6 Å². The van der Waals surface area contributed by atoms with Crippen molar-refractivity contribution in [2.75, 3.05) is 0 Å². The van der Waals surface area contributed by atoms with Gasteiger partial charge in [0, 0.05) is 11.1 Å². The number of hydrogen-bond acceptors (Lipinski definition) is 4. The fourth-order valence-corrected chi connectivity index (χ4v) is 4.76. The van der Waals surface area contributed by atoms with Gasteiger partial charge in [0.15, 0.2) is 0 Å². The largest absolute Gasteiger partial charge is 0.449 e. The molecule has 0 aromatic heterocycles. The number of carbonyl (C=O) groups excluding carboxylic acids is 2. The lowest BCUT2D eigenvalue weighted by atomic mass is 9.92. The van der Waals surface area contributed by atoms with Crippen LogP contribution in [0.1, 0.15) is 43.0 Å². The molecule has 1 aliphatic carbocycles. The van der Waals surface area contributed by atoms with E-state index in [0.717, 1.165) is 24.0 Å². The van der Waals surface area contributed by atoms with Crippen LogP contribution < -0.4 is 9.47 Å². The zero-order valence-electron chi connectivity index (χ0n) is 21.7. The molecule has 5 aromatic carbocycles. The minimum Gasteiger partial charge on any atom is -0.449 e. The second-order valence-electron chi connectivity index (χ2n) is 9.68. The Bertz CT molecular complexity index is 1560. The number of benzene rings is 5. The first-order valence-electron chi connectivity index (χ1n) is 13.2. The van der Waals surface area contributed by atoms with Gasteiger partial charge in [-0.15, -0.1) is 0 Å². The van der Waals surface area contributed by atoms with Gasteiger partial charge in [-0.05, 0) is 59.4 Å². The summed E-state index contributed by atoms with van der Waals surface area (Å²) in [5.74, 6) is -0.113. The summed E-state index contributed by atoms with van der Waals surface area (Å²) < 4.78 is 12.1. The molecule has 0 heterocycles. The van der Waals surface area contributed by atoms with E-state index in [1.54, 1.807) is 48.5 Å². The number of hydrogen-bond donors (Lipinski definition) is 0. The summed E-state index contributed by atoms with van der Waals surface area (Å²) in [6.45, 7) is 0. The molecule has 0 amide bonds. The molecular weight excluding hydrogens is 496 g/mol. The summed E-state index contributed by atoms with van der Waals surface area (Å²) in [5.41, 5.74) is 5.22. The monoisotopic (exact) mass is 522 g/mol. The van der Waals surface area contributed by atoms with Crippen molar-refractivity contribution >= 4 is 11.6 Å². The van der Waals surface area contributed by atoms with Crippen LogP contribution in [-0.2, 0) is 12.8 Å². The summed E-state index contributed by atoms with van der Waals surface area (Å²) in [5, 5.41) is 0. The second kappa shape index (κ2) is 11.3. The highest BCUT2D eigenvalue weighted by atomic mass is 16.5. The quantitative estimate of drug-likeness (QED) is 0.210. The van der Waals surface area contributed by atoms with Crippen molar-refractivity contribution in [1.82, 2.24) is 0 Å². The first-order chi connectivity index (χ1) is 19.6. The van der Waals surface area contributed by atoms with Crippen LogP contribution in [0.4, 0.5) is 0 Å². The third-order valence-corrected chi connectivity index (χ3v) is 6.82. The lowest BCUT2D eigenvalue weighted by molar-refractivity contribution is 0.0897. The van der Waals surface area contributed by atoms with E-state index in [1.807, 2.05) is 60.7 Å². The van der Waals surface area contributed by atoms with Crippen molar-refractivity contribution < 1.29 is 19.1 Å². The zero-order valence-corrected chi connectivity index (χ0v) is 21.7. The summed E-state index contributed by atoms with van der Waals surface area (Å²) in [6, 6.07) is 42.2. The highest BCUT2D eigenvalue weighted by Gasteiger charge is 2.36. The van der Waals surface area contributed by atoms with Gasteiger partial charge in [0.1, 0.15) is 11.5 Å². The van der Waals surface area contributed by atoms with Crippen molar-refractivity contribution in [3.63, 3.8) is 0 Å². The first kappa shape index (κ1) is 25.1. The molecular formula is C36H26O4. The van der Waals surface area contributed by atoms with Crippen molar-refractivity contribution in [2.24, 2.45) is 0 Å². The molecule has 5 aromatic rings. The molecule has 0 aliphatic heterocycles. The van der Waals surface area contributed by atoms with Crippen molar-refractivity contribution in [3.8, 4) is 11.5 Å². The average Bonchev–Trinajstić information content (AvgIpc) is 3.00. The molecule has 4 heteroatoms. The minimum absolute atomic E-state index is 0.118. The lowest BCUT2D eigenvalue weighted by Crippen LogP contribution is -2.27. The maximum Gasteiger partial charge on any atom is 0.233 e. The van der Waals surface area contributed by atoms with Gasteiger partial charge in [0.05, 0.1) is 0 Å². The van der Waals surface area contributed by atoms with Gasteiger partial charge in [-0.3, -0.25) is 9.59 Å². The van der Waals surface area contributed by atoms with Crippen molar-refractivity contribution in [2.45, 2.75) is 12.8 Å². The van der Waals surface area contributed by atoms with Crippen LogP contribution in [0.25, 0.3) is 0 Å². The second-order valence-corrected chi connectivity index (χ2v) is 9.68. The molecule has 0 saturated heterocycles. The molecule has 0 radical (unpaired) electrons. The van der Waals surface area contributed by atoms with Crippen LogP contribution in [0, 0.1) is 0 Å². The van der Waals surface area contributed by atoms with E-state index in [2.05, 4.69) is 24.3 Å². The Hall–Kier alpha value is -5.22.